The summed E-state index contributed by atoms with van der Waals surface area (Å²) in [4.78, 5) is 2.48. The van der Waals surface area contributed by atoms with Gasteiger partial charge in [0.05, 0.1) is 12.7 Å². The number of ether oxygens (including phenoxy) is 1. The van der Waals surface area contributed by atoms with Crippen molar-refractivity contribution in [2.75, 3.05) is 26.2 Å². The Morgan fingerprint density at radius 3 is 3.00 bits per heavy atom. The van der Waals surface area contributed by atoms with E-state index in [0.717, 1.165) is 26.1 Å². The molecule has 0 radical (unpaired) electrons. The van der Waals surface area contributed by atoms with Gasteiger partial charge in [0.15, 0.2) is 0 Å². The first kappa shape index (κ1) is 10.7. The van der Waals surface area contributed by atoms with Crippen LogP contribution in [0.15, 0.2) is 12.2 Å². The average molecular weight is 183 g/mol. The molecule has 1 heterocycles. The molecule has 0 aromatic carbocycles. The van der Waals surface area contributed by atoms with Gasteiger partial charge in [-0.15, -0.1) is 6.58 Å². The van der Waals surface area contributed by atoms with Gasteiger partial charge in [0, 0.05) is 13.1 Å². The summed E-state index contributed by atoms with van der Waals surface area (Å²) in [5.74, 6) is 0. The lowest BCUT2D eigenvalue weighted by molar-refractivity contribution is -0.0183. The van der Waals surface area contributed by atoms with E-state index >= 15 is 0 Å². The fraction of sp³-hybridized carbons (Fsp3) is 0.818. The molecule has 1 rings (SSSR count). The molecule has 0 unspecified atom stereocenters. The van der Waals surface area contributed by atoms with Crippen LogP contribution >= 0.6 is 0 Å². The zero-order chi connectivity index (χ0) is 9.68. The van der Waals surface area contributed by atoms with Crippen LogP contribution in [0.25, 0.3) is 0 Å². The second-order valence-corrected chi connectivity index (χ2v) is 4.04. The van der Waals surface area contributed by atoms with Gasteiger partial charge in [-0.1, -0.05) is 5.57 Å². The molecule has 0 saturated carbocycles. The quantitative estimate of drug-likeness (QED) is 0.619. The van der Waals surface area contributed by atoms with Gasteiger partial charge in [0.2, 0.25) is 0 Å². The van der Waals surface area contributed by atoms with E-state index in [1.807, 2.05) is 0 Å². The standard InChI is InChI=1S/C11H21NO/c1-10(2)5-4-6-12-7-8-13-11(3)9-12/h11H,1,4-9H2,2-3H3/t11-/m0/s1. The third-order valence-electron chi connectivity index (χ3n) is 2.40. The highest BCUT2D eigenvalue weighted by Crippen LogP contribution is 2.07. The van der Waals surface area contributed by atoms with Crippen LogP contribution in [-0.2, 0) is 4.74 Å². The van der Waals surface area contributed by atoms with E-state index in [1.54, 1.807) is 0 Å². The maximum Gasteiger partial charge on any atom is 0.0674 e. The second-order valence-electron chi connectivity index (χ2n) is 4.04. The zero-order valence-electron chi connectivity index (χ0n) is 8.88. The molecule has 1 atom stereocenters. The number of hydrogen-bond donors (Lipinski definition) is 0. The predicted molar refractivity (Wildman–Crippen MR) is 55.9 cm³/mol. The molecule has 13 heavy (non-hydrogen) atoms. The summed E-state index contributed by atoms with van der Waals surface area (Å²) in [7, 11) is 0. The smallest absolute Gasteiger partial charge is 0.0674 e. The summed E-state index contributed by atoms with van der Waals surface area (Å²) in [5.41, 5.74) is 1.29. The Balaban J connectivity index is 2.10. The van der Waals surface area contributed by atoms with Crippen molar-refractivity contribution >= 4 is 0 Å². The predicted octanol–water partition coefficient (Wildman–Crippen LogP) is 2.06. The van der Waals surface area contributed by atoms with Crippen molar-refractivity contribution in [3.8, 4) is 0 Å². The van der Waals surface area contributed by atoms with Crippen LogP contribution < -0.4 is 0 Å². The summed E-state index contributed by atoms with van der Waals surface area (Å²) in [6.45, 7) is 12.4. The molecular weight excluding hydrogens is 162 g/mol. The molecule has 0 bridgehead atoms. The van der Waals surface area contributed by atoms with Crippen LogP contribution in [-0.4, -0.2) is 37.2 Å². The fourth-order valence-corrected chi connectivity index (χ4v) is 1.70. The fourth-order valence-electron chi connectivity index (χ4n) is 1.70. The number of hydrogen-bond acceptors (Lipinski definition) is 2. The second kappa shape index (κ2) is 5.40. The molecule has 2 heteroatoms. The lowest BCUT2D eigenvalue weighted by Gasteiger charge is -2.30. The zero-order valence-corrected chi connectivity index (χ0v) is 8.88. The molecule has 2 nitrogen and oxygen atoms in total. The normalized spacial score (nSPS) is 24.6. The Labute approximate surface area is 81.6 Å². The number of morpholine rings is 1. The molecule has 0 aromatic rings. The van der Waals surface area contributed by atoms with E-state index in [1.165, 1.54) is 18.5 Å². The summed E-state index contributed by atoms with van der Waals surface area (Å²) in [6.07, 6.45) is 2.81. The summed E-state index contributed by atoms with van der Waals surface area (Å²) < 4.78 is 5.48. The first-order valence-electron chi connectivity index (χ1n) is 5.17. The molecule has 1 aliphatic rings. The molecular formula is C11H21NO. The minimum Gasteiger partial charge on any atom is -0.376 e. The van der Waals surface area contributed by atoms with E-state index < -0.39 is 0 Å². The van der Waals surface area contributed by atoms with Crippen molar-refractivity contribution < 1.29 is 4.74 Å². The van der Waals surface area contributed by atoms with Gasteiger partial charge >= 0.3 is 0 Å². The van der Waals surface area contributed by atoms with Crippen molar-refractivity contribution in [3.05, 3.63) is 12.2 Å². The van der Waals surface area contributed by atoms with E-state index in [9.17, 15) is 0 Å². The van der Waals surface area contributed by atoms with Gasteiger partial charge in [0.25, 0.3) is 0 Å². The highest BCUT2D eigenvalue weighted by atomic mass is 16.5. The maximum absolute atomic E-state index is 5.48. The van der Waals surface area contributed by atoms with Crippen molar-refractivity contribution in [2.45, 2.75) is 32.8 Å². The monoisotopic (exact) mass is 183 g/mol. The SMILES string of the molecule is C=C(C)CCCN1CCO[C@@H](C)C1. The average Bonchev–Trinajstić information content (AvgIpc) is 2.03. The van der Waals surface area contributed by atoms with E-state index in [4.69, 9.17) is 4.74 Å². The van der Waals surface area contributed by atoms with Gasteiger partial charge in [-0.05, 0) is 33.2 Å². The Morgan fingerprint density at radius 2 is 2.38 bits per heavy atom. The number of rotatable bonds is 4. The van der Waals surface area contributed by atoms with E-state index in [-0.39, 0.29) is 0 Å². The Hall–Kier alpha value is -0.340. The minimum absolute atomic E-state index is 0.415. The van der Waals surface area contributed by atoms with Gasteiger partial charge in [-0.25, -0.2) is 0 Å². The molecule has 0 aliphatic carbocycles. The van der Waals surface area contributed by atoms with Gasteiger partial charge < -0.3 is 4.74 Å². The van der Waals surface area contributed by atoms with Crippen molar-refractivity contribution in [3.63, 3.8) is 0 Å². The summed E-state index contributed by atoms with van der Waals surface area (Å²) in [5, 5.41) is 0. The Bertz CT molecular complexity index is 167. The van der Waals surface area contributed by atoms with Crippen LogP contribution in [0, 0.1) is 0 Å². The molecule has 1 fully saturated rings. The van der Waals surface area contributed by atoms with Gasteiger partial charge in [0.1, 0.15) is 0 Å². The molecule has 0 spiro atoms. The third-order valence-corrected chi connectivity index (χ3v) is 2.40. The molecule has 1 aliphatic heterocycles. The maximum atomic E-state index is 5.48. The number of nitrogens with zero attached hydrogens (tertiary/aromatic N) is 1. The summed E-state index contributed by atoms with van der Waals surface area (Å²) in [6, 6.07) is 0. The van der Waals surface area contributed by atoms with Crippen LogP contribution in [0.4, 0.5) is 0 Å². The van der Waals surface area contributed by atoms with Gasteiger partial charge in [-0.3, -0.25) is 4.90 Å². The lowest BCUT2D eigenvalue weighted by Crippen LogP contribution is -2.41. The lowest BCUT2D eigenvalue weighted by atomic mass is 10.2. The highest BCUT2D eigenvalue weighted by molar-refractivity contribution is 4.87. The van der Waals surface area contributed by atoms with Crippen LogP contribution in [0.5, 0.6) is 0 Å². The number of allylic oxidation sites excluding steroid dienone is 1. The van der Waals surface area contributed by atoms with Crippen LogP contribution in [0.1, 0.15) is 26.7 Å². The van der Waals surface area contributed by atoms with Crippen molar-refractivity contribution in [1.29, 1.82) is 0 Å². The third kappa shape index (κ3) is 4.44. The van der Waals surface area contributed by atoms with Crippen molar-refractivity contribution in [1.82, 2.24) is 4.90 Å². The first-order chi connectivity index (χ1) is 6.18. The van der Waals surface area contributed by atoms with Crippen LogP contribution in [0.2, 0.25) is 0 Å². The van der Waals surface area contributed by atoms with Crippen molar-refractivity contribution in [2.24, 2.45) is 0 Å². The summed E-state index contributed by atoms with van der Waals surface area (Å²) >= 11 is 0. The Morgan fingerprint density at radius 1 is 1.62 bits per heavy atom. The van der Waals surface area contributed by atoms with Crippen LogP contribution in [0.3, 0.4) is 0 Å². The largest absolute Gasteiger partial charge is 0.376 e. The first-order valence-corrected chi connectivity index (χ1v) is 5.17. The molecule has 76 valence electrons. The topological polar surface area (TPSA) is 12.5 Å². The van der Waals surface area contributed by atoms with E-state index in [0.29, 0.717) is 6.10 Å². The highest BCUT2D eigenvalue weighted by Gasteiger charge is 2.15. The van der Waals surface area contributed by atoms with E-state index in [2.05, 4.69) is 25.3 Å². The molecule has 1 saturated heterocycles. The van der Waals surface area contributed by atoms with Gasteiger partial charge in [-0.2, -0.15) is 0 Å². The molecule has 0 N–H and O–H groups in total. The molecule has 0 aromatic heterocycles. The Kier molecular flexibility index (Phi) is 4.46. The molecule has 0 amide bonds. The minimum atomic E-state index is 0.415.